The lowest BCUT2D eigenvalue weighted by atomic mass is 9.56. The van der Waals surface area contributed by atoms with Gasteiger partial charge >= 0.3 is 5.97 Å². The Morgan fingerprint density at radius 3 is 2.83 bits per heavy atom. The van der Waals surface area contributed by atoms with Gasteiger partial charge in [-0.3, -0.25) is 4.79 Å². The normalized spacial score (nSPS) is 50.1. The van der Waals surface area contributed by atoms with Crippen LogP contribution in [0.5, 0.6) is 0 Å². The molecule has 3 heteroatoms. The molecular formula is C15H20O3. The lowest BCUT2D eigenvalue weighted by Crippen LogP contribution is -2.57. The molecule has 3 aliphatic rings. The van der Waals surface area contributed by atoms with Crippen molar-refractivity contribution in [3.05, 3.63) is 24.3 Å². The molecule has 0 aromatic carbocycles. The van der Waals surface area contributed by atoms with Gasteiger partial charge in [0.1, 0.15) is 6.10 Å². The van der Waals surface area contributed by atoms with Crippen molar-refractivity contribution in [1.29, 1.82) is 0 Å². The number of carbonyl (C=O) groups is 1. The summed E-state index contributed by atoms with van der Waals surface area (Å²) in [5.74, 6) is -0.756. The first kappa shape index (κ1) is 12.0. The largest absolute Gasteiger partial charge is 0.461 e. The Bertz CT molecular complexity index is 466. The van der Waals surface area contributed by atoms with Crippen molar-refractivity contribution in [2.24, 2.45) is 17.3 Å². The van der Waals surface area contributed by atoms with E-state index in [1.54, 1.807) is 0 Å². The predicted octanol–water partition coefficient (Wildman–Crippen LogP) is 2.21. The SMILES string of the molecule is C=C(C)[C@@H]1[C@@H]2C[C@@]3(C)C(=C)CC[C@@]3(O)[C@H]1C(=O)O2. The van der Waals surface area contributed by atoms with Crippen LogP contribution in [0.15, 0.2) is 24.3 Å². The van der Waals surface area contributed by atoms with Crippen LogP contribution in [0.4, 0.5) is 0 Å². The minimum absolute atomic E-state index is 0.0403. The van der Waals surface area contributed by atoms with Crippen LogP contribution in [0, 0.1) is 17.3 Å². The van der Waals surface area contributed by atoms with Crippen molar-refractivity contribution in [2.45, 2.75) is 44.8 Å². The molecule has 0 spiro atoms. The Kier molecular flexibility index (Phi) is 2.17. The number of esters is 1. The first-order chi connectivity index (χ1) is 8.31. The summed E-state index contributed by atoms with van der Waals surface area (Å²) >= 11 is 0. The van der Waals surface area contributed by atoms with Crippen molar-refractivity contribution in [3.63, 3.8) is 0 Å². The van der Waals surface area contributed by atoms with Crippen LogP contribution in [-0.4, -0.2) is 22.8 Å². The van der Waals surface area contributed by atoms with Gasteiger partial charge in [0, 0.05) is 11.3 Å². The maximum atomic E-state index is 12.1. The summed E-state index contributed by atoms with van der Waals surface area (Å²) < 4.78 is 5.47. The van der Waals surface area contributed by atoms with Gasteiger partial charge < -0.3 is 9.84 Å². The molecule has 1 aliphatic heterocycles. The van der Waals surface area contributed by atoms with Gasteiger partial charge in [0.05, 0.1) is 11.5 Å². The smallest absolute Gasteiger partial charge is 0.312 e. The quantitative estimate of drug-likeness (QED) is 0.571. The van der Waals surface area contributed by atoms with E-state index in [0.29, 0.717) is 12.8 Å². The molecule has 2 saturated carbocycles. The van der Waals surface area contributed by atoms with Gasteiger partial charge in [-0.1, -0.05) is 31.2 Å². The fourth-order valence-corrected chi connectivity index (χ4v) is 4.34. The fourth-order valence-electron chi connectivity index (χ4n) is 4.34. The Morgan fingerprint density at radius 2 is 2.22 bits per heavy atom. The molecule has 0 aromatic heterocycles. The van der Waals surface area contributed by atoms with Gasteiger partial charge in [0.15, 0.2) is 0 Å². The van der Waals surface area contributed by atoms with Crippen LogP contribution in [0.3, 0.4) is 0 Å². The third-order valence-corrected chi connectivity index (χ3v) is 5.52. The highest BCUT2D eigenvalue weighted by Crippen LogP contribution is 2.64. The molecule has 5 atom stereocenters. The Morgan fingerprint density at radius 1 is 1.56 bits per heavy atom. The maximum absolute atomic E-state index is 12.1. The average Bonchev–Trinajstić information content (AvgIpc) is 2.68. The summed E-state index contributed by atoms with van der Waals surface area (Å²) in [6, 6.07) is 0. The summed E-state index contributed by atoms with van der Waals surface area (Å²) in [4.78, 5) is 12.1. The van der Waals surface area contributed by atoms with E-state index in [9.17, 15) is 9.90 Å². The summed E-state index contributed by atoms with van der Waals surface area (Å²) in [5, 5.41) is 11.1. The van der Waals surface area contributed by atoms with Crippen LogP contribution in [-0.2, 0) is 9.53 Å². The Labute approximate surface area is 108 Å². The molecule has 0 aromatic rings. The lowest BCUT2D eigenvalue weighted by molar-refractivity contribution is -0.152. The third kappa shape index (κ3) is 1.11. The molecule has 1 saturated heterocycles. The van der Waals surface area contributed by atoms with E-state index in [0.717, 1.165) is 17.6 Å². The Hall–Kier alpha value is -1.09. The second kappa shape index (κ2) is 3.27. The van der Waals surface area contributed by atoms with Crippen LogP contribution in [0.25, 0.3) is 0 Å². The zero-order chi connectivity index (χ0) is 13.3. The third-order valence-electron chi connectivity index (χ3n) is 5.52. The van der Waals surface area contributed by atoms with Crippen LogP contribution in [0.2, 0.25) is 0 Å². The maximum Gasteiger partial charge on any atom is 0.312 e. The van der Waals surface area contributed by atoms with Gasteiger partial charge in [0.25, 0.3) is 0 Å². The Balaban J connectivity index is 2.14. The summed E-state index contributed by atoms with van der Waals surface area (Å²) in [5.41, 5.74) is 0.598. The monoisotopic (exact) mass is 248 g/mol. The van der Waals surface area contributed by atoms with Gasteiger partial charge in [0.2, 0.25) is 0 Å². The number of carbonyl (C=O) groups excluding carboxylic acids is 1. The van der Waals surface area contributed by atoms with Crippen molar-refractivity contribution >= 4 is 5.97 Å². The second-order valence-corrected chi connectivity index (χ2v) is 6.39. The van der Waals surface area contributed by atoms with E-state index in [2.05, 4.69) is 13.2 Å². The number of fused-ring (bicyclic) bond motifs is 4. The fraction of sp³-hybridized carbons (Fsp3) is 0.667. The van der Waals surface area contributed by atoms with Crippen molar-refractivity contribution in [3.8, 4) is 0 Å². The van der Waals surface area contributed by atoms with E-state index >= 15 is 0 Å². The van der Waals surface area contributed by atoms with Crippen molar-refractivity contribution in [2.75, 3.05) is 0 Å². The molecule has 0 amide bonds. The average molecular weight is 248 g/mol. The van der Waals surface area contributed by atoms with E-state index < -0.39 is 11.5 Å². The standard InChI is InChI=1S/C15H20O3/c1-8(2)11-10-7-14(4)9(3)5-6-15(14,17)12(11)13(16)18-10/h10-12,17H,1,3,5-7H2,2,4H3/t10-,11+,12+,14-,15+/m0/s1. The van der Waals surface area contributed by atoms with E-state index in [-0.39, 0.29) is 23.4 Å². The molecule has 0 unspecified atom stereocenters. The molecule has 1 N–H and O–H groups in total. The summed E-state index contributed by atoms with van der Waals surface area (Å²) in [6.07, 6.45) is 1.94. The molecule has 3 nitrogen and oxygen atoms in total. The highest BCUT2D eigenvalue weighted by molar-refractivity contribution is 5.79. The van der Waals surface area contributed by atoms with Crippen LogP contribution >= 0.6 is 0 Å². The van der Waals surface area contributed by atoms with Crippen molar-refractivity contribution in [1.82, 2.24) is 0 Å². The van der Waals surface area contributed by atoms with E-state index in [4.69, 9.17) is 4.74 Å². The molecule has 1 heterocycles. The zero-order valence-corrected chi connectivity index (χ0v) is 11.0. The van der Waals surface area contributed by atoms with Crippen LogP contribution in [0.1, 0.15) is 33.1 Å². The molecular weight excluding hydrogens is 228 g/mol. The second-order valence-electron chi connectivity index (χ2n) is 6.39. The molecule has 98 valence electrons. The number of rotatable bonds is 1. The van der Waals surface area contributed by atoms with Crippen LogP contribution < -0.4 is 0 Å². The molecule has 3 rings (SSSR count). The van der Waals surface area contributed by atoms with Gasteiger partial charge in [-0.2, -0.15) is 0 Å². The van der Waals surface area contributed by atoms with Gasteiger partial charge in [-0.15, -0.1) is 0 Å². The predicted molar refractivity (Wildman–Crippen MR) is 67.7 cm³/mol. The number of ether oxygens (including phenoxy) is 1. The highest BCUT2D eigenvalue weighted by atomic mass is 16.6. The first-order valence-electron chi connectivity index (χ1n) is 6.58. The lowest BCUT2D eigenvalue weighted by Gasteiger charge is -2.49. The van der Waals surface area contributed by atoms with E-state index in [1.807, 2.05) is 13.8 Å². The number of aliphatic hydroxyl groups is 1. The molecule has 3 fully saturated rings. The highest BCUT2D eigenvalue weighted by Gasteiger charge is 2.70. The van der Waals surface area contributed by atoms with Gasteiger partial charge in [-0.25, -0.2) is 0 Å². The molecule has 18 heavy (non-hydrogen) atoms. The summed E-state index contributed by atoms with van der Waals surface area (Å²) in [6.45, 7) is 12.0. The summed E-state index contributed by atoms with van der Waals surface area (Å²) in [7, 11) is 0. The molecule has 2 aliphatic carbocycles. The topological polar surface area (TPSA) is 46.5 Å². The van der Waals surface area contributed by atoms with Gasteiger partial charge in [-0.05, 0) is 26.2 Å². The zero-order valence-electron chi connectivity index (χ0n) is 11.0. The minimum atomic E-state index is -1.00. The molecule has 2 bridgehead atoms. The van der Waals surface area contributed by atoms with E-state index in [1.165, 1.54) is 0 Å². The first-order valence-corrected chi connectivity index (χ1v) is 6.58. The molecule has 0 radical (unpaired) electrons. The number of hydrogen-bond donors (Lipinski definition) is 1. The van der Waals surface area contributed by atoms with Crippen molar-refractivity contribution < 1.29 is 14.6 Å². The number of hydrogen-bond acceptors (Lipinski definition) is 3. The minimum Gasteiger partial charge on any atom is -0.461 e.